The number of alkyl halides is 3. The number of pyridine rings is 1. The number of halogens is 3. The molecule has 2 heterocycles. The summed E-state index contributed by atoms with van der Waals surface area (Å²) in [5.41, 5.74) is -0.216. The largest absolute Gasteiger partial charge is 0.416 e. The fourth-order valence-corrected chi connectivity index (χ4v) is 3.71. The molecule has 5 nitrogen and oxygen atoms in total. The Labute approximate surface area is 167 Å². The second-order valence-electron chi connectivity index (χ2n) is 7.62. The first-order chi connectivity index (χ1) is 13.9. The Morgan fingerprint density at radius 1 is 1.07 bits per heavy atom. The molecule has 1 aromatic carbocycles. The molecule has 29 heavy (non-hydrogen) atoms. The molecule has 1 aliphatic heterocycles. The molecule has 0 bridgehead atoms. The van der Waals surface area contributed by atoms with Gasteiger partial charge in [-0.3, -0.25) is 4.79 Å². The Morgan fingerprint density at radius 3 is 2.52 bits per heavy atom. The fourth-order valence-electron chi connectivity index (χ4n) is 3.71. The number of hydrogen-bond donors (Lipinski definition) is 2. The maximum Gasteiger partial charge on any atom is 0.416 e. The fraction of sp³-hybridized carbons (Fsp3) is 0.429. The first kappa shape index (κ1) is 19.7. The molecule has 1 aromatic heterocycles. The number of carbonyl (C=O) groups excluding carboxylic acids is 1. The van der Waals surface area contributed by atoms with Crippen LogP contribution < -0.4 is 10.6 Å². The van der Waals surface area contributed by atoms with Crippen molar-refractivity contribution in [1.82, 2.24) is 15.2 Å². The van der Waals surface area contributed by atoms with Crippen LogP contribution in [0.3, 0.4) is 0 Å². The van der Waals surface area contributed by atoms with Crippen LogP contribution in [0.4, 0.5) is 24.7 Å². The zero-order valence-electron chi connectivity index (χ0n) is 15.9. The number of rotatable bonds is 5. The van der Waals surface area contributed by atoms with Crippen molar-refractivity contribution in [3.8, 4) is 0 Å². The summed E-state index contributed by atoms with van der Waals surface area (Å²) in [6, 6.07) is 8.93. The van der Waals surface area contributed by atoms with Gasteiger partial charge in [0.05, 0.1) is 11.1 Å². The van der Waals surface area contributed by atoms with Crippen molar-refractivity contribution in [2.45, 2.75) is 43.9 Å². The molecule has 2 N–H and O–H groups in total. The average molecular weight is 404 g/mol. The number of likely N-dealkylation sites (tertiary alicyclic amines) is 1. The van der Waals surface area contributed by atoms with Gasteiger partial charge in [0.2, 0.25) is 0 Å². The van der Waals surface area contributed by atoms with E-state index in [1.54, 1.807) is 12.1 Å². The van der Waals surface area contributed by atoms with Gasteiger partial charge in [0.1, 0.15) is 5.82 Å². The number of amides is 1. The third-order valence-electron chi connectivity index (χ3n) is 5.43. The number of nitrogens with zero attached hydrogens (tertiary/aromatic N) is 2. The molecule has 0 radical (unpaired) electrons. The van der Waals surface area contributed by atoms with E-state index in [0.29, 0.717) is 5.56 Å². The zero-order valence-corrected chi connectivity index (χ0v) is 15.9. The molecule has 2 aromatic rings. The Hall–Kier alpha value is -2.61. The lowest BCUT2D eigenvalue weighted by Crippen LogP contribution is -2.45. The smallest absolute Gasteiger partial charge is 0.349 e. The molecule has 8 heteroatoms. The topological polar surface area (TPSA) is 57.3 Å². The van der Waals surface area contributed by atoms with E-state index < -0.39 is 11.7 Å². The summed E-state index contributed by atoms with van der Waals surface area (Å²) < 4.78 is 38.8. The Bertz CT molecular complexity index is 874. The van der Waals surface area contributed by atoms with Crippen molar-refractivity contribution in [3.63, 3.8) is 0 Å². The zero-order chi connectivity index (χ0) is 20.4. The maximum absolute atomic E-state index is 12.9. The number of nitrogens with one attached hydrogen (secondary N) is 2. The van der Waals surface area contributed by atoms with Gasteiger partial charge in [-0.15, -0.1) is 0 Å². The predicted molar refractivity (Wildman–Crippen MR) is 104 cm³/mol. The van der Waals surface area contributed by atoms with Crippen molar-refractivity contribution in [2.24, 2.45) is 0 Å². The Morgan fingerprint density at radius 2 is 1.83 bits per heavy atom. The number of anilines is 2. The summed E-state index contributed by atoms with van der Waals surface area (Å²) in [5, 5.41) is 5.90. The quantitative estimate of drug-likeness (QED) is 0.784. The van der Waals surface area contributed by atoms with E-state index in [0.717, 1.165) is 44.1 Å². The van der Waals surface area contributed by atoms with Gasteiger partial charge in [-0.05, 0) is 56.0 Å². The van der Waals surface area contributed by atoms with Crippen LogP contribution >= 0.6 is 0 Å². The summed E-state index contributed by atoms with van der Waals surface area (Å²) >= 11 is 0. The minimum absolute atomic E-state index is 0.0964. The van der Waals surface area contributed by atoms with E-state index in [2.05, 4.69) is 20.5 Å². The molecule has 2 aliphatic rings. The highest BCUT2D eigenvalue weighted by Gasteiger charge is 2.32. The third kappa shape index (κ3) is 4.87. The van der Waals surface area contributed by atoms with E-state index in [9.17, 15) is 18.0 Å². The van der Waals surface area contributed by atoms with Crippen LogP contribution in [0.15, 0.2) is 42.6 Å². The standard InChI is InChI=1S/C21H23F3N4O/c22-21(23,24)14-3-1-4-16(13-14)26-19-18(5-2-10-25-19)20(29)27-15-8-11-28(12-9-15)17-6-7-17/h1-5,10,13,15,17H,6-9,11-12H2,(H,25,26)(H,27,29). The van der Waals surface area contributed by atoms with Crippen molar-refractivity contribution in [1.29, 1.82) is 0 Å². The lowest BCUT2D eigenvalue weighted by atomic mass is 10.0. The van der Waals surface area contributed by atoms with E-state index in [1.165, 1.54) is 31.2 Å². The molecule has 2 fully saturated rings. The summed E-state index contributed by atoms with van der Waals surface area (Å²) in [6.07, 6.45) is 1.42. The Balaban J connectivity index is 1.43. The molecule has 154 valence electrons. The normalized spacial score (nSPS) is 18.4. The van der Waals surface area contributed by atoms with Gasteiger partial charge in [0.25, 0.3) is 5.91 Å². The van der Waals surface area contributed by atoms with Gasteiger partial charge in [0.15, 0.2) is 0 Å². The molecule has 1 aliphatic carbocycles. The van der Waals surface area contributed by atoms with Crippen LogP contribution in [-0.2, 0) is 6.18 Å². The maximum atomic E-state index is 12.9. The van der Waals surface area contributed by atoms with Gasteiger partial charge in [-0.1, -0.05) is 6.07 Å². The highest BCUT2D eigenvalue weighted by Crippen LogP contribution is 2.32. The van der Waals surface area contributed by atoms with Crippen molar-refractivity contribution in [3.05, 3.63) is 53.7 Å². The average Bonchev–Trinajstić information content (AvgIpc) is 3.54. The number of benzene rings is 1. The highest BCUT2D eigenvalue weighted by molar-refractivity contribution is 5.99. The van der Waals surface area contributed by atoms with Crippen molar-refractivity contribution in [2.75, 3.05) is 18.4 Å². The van der Waals surface area contributed by atoms with E-state index in [1.807, 2.05) is 0 Å². The lowest BCUT2D eigenvalue weighted by molar-refractivity contribution is -0.137. The molecule has 1 saturated carbocycles. The second kappa shape index (κ2) is 8.02. The minimum atomic E-state index is -4.43. The first-order valence-corrected chi connectivity index (χ1v) is 9.84. The minimum Gasteiger partial charge on any atom is -0.349 e. The highest BCUT2D eigenvalue weighted by atomic mass is 19.4. The molecule has 0 spiro atoms. The third-order valence-corrected chi connectivity index (χ3v) is 5.43. The summed E-state index contributed by atoms with van der Waals surface area (Å²) in [4.78, 5) is 19.4. The van der Waals surface area contributed by atoms with Gasteiger partial charge in [-0.2, -0.15) is 13.2 Å². The van der Waals surface area contributed by atoms with Crippen molar-refractivity contribution < 1.29 is 18.0 Å². The number of carbonyl (C=O) groups is 1. The molecule has 0 unspecified atom stereocenters. The molecular formula is C21H23F3N4O. The van der Waals surface area contributed by atoms with Gasteiger partial charge < -0.3 is 15.5 Å². The van der Waals surface area contributed by atoms with Gasteiger partial charge in [0, 0.05) is 37.1 Å². The van der Waals surface area contributed by atoms with E-state index >= 15 is 0 Å². The van der Waals surface area contributed by atoms with Gasteiger partial charge in [-0.25, -0.2) is 4.98 Å². The van der Waals surface area contributed by atoms with Crippen LogP contribution in [0.5, 0.6) is 0 Å². The monoisotopic (exact) mass is 404 g/mol. The lowest BCUT2D eigenvalue weighted by Gasteiger charge is -2.32. The molecule has 1 saturated heterocycles. The van der Waals surface area contributed by atoms with Crippen LogP contribution in [0.25, 0.3) is 0 Å². The number of piperidine rings is 1. The van der Waals surface area contributed by atoms with Crippen LogP contribution in [0.2, 0.25) is 0 Å². The van der Waals surface area contributed by atoms with Crippen LogP contribution in [0.1, 0.15) is 41.6 Å². The molecule has 1 amide bonds. The van der Waals surface area contributed by atoms with E-state index in [-0.39, 0.29) is 23.5 Å². The number of hydrogen-bond acceptors (Lipinski definition) is 4. The summed E-state index contributed by atoms with van der Waals surface area (Å²) in [6.45, 7) is 1.97. The van der Waals surface area contributed by atoms with Crippen LogP contribution in [-0.4, -0.2) is 41.0 Å². The van der Waals surface area contributed by atoms with Gasteiger partial charge >= 0.3 is 6.18 Å². The number of aromatic nitrogens is 1. The van der Waals surface area contributed by atoms with Crippen LogP contribution in [0, 0.1) is 0 Å². The Kier molecular flexibility index (Phi) is 5.45. The van der Waals surface area contributed by atoms with E-state index in [4.69, 9.17) is 0 Å². The second-order valence-corrected chi connectivity index (χ2v) is 7.62. The molecular weight excluding hydrogens is 381 g/mol. The van der Waals surface area contributed by atoms with Crippen molar-refractivity contribution >= 4 is 17.4 Å². The predicted octanol–water partition coefficient (Wildman–Crippen LogP) is 4.20. The molecule has 4 rings (SSSR count). The summed E-state index contributed by atoms with van der Waals surface area (Å²) in [5.74, 6) is -0.0304. The molecule has 0 atom stereocenters. The summed E-state index contributed by atoms with van der Waals surface area (Å²) in [7, 11) is 0. The SMILES string of the molecule is O=C(NC1CCN(C2CC2)CC1)c1cccnc1Nc1cccc(C(F)(F)F)c1. The first-order valence-electron chi connectivity index (χ1n) is 9.84.